The van der Waals surface area contributed by atoms with E-state index in [1.165, 1.54) is 42.7 Å². The third-order valence-electron chi connectivity index (χ3n) is 5.25. The van der Waals surface area contributed by atoms with Crippen LogP contribution in [0.25, 0.3) is 0 Å². The van der Waals surface area contributed by atoms with Crippen LogP contribution in [0.2, 0.25) is 0 Å². The lowest BCUT2D eigenvalue weighted by Gasteiger charge is -2.33. The van der Waals surface area contributed by atoms with Gasteiger partial charge in [-0.3, -0.25) is 9.69 Å². The minimum absolute atomic E-state index is 0.0227. The Hall–Kier alpha value is -2.07. The van der Waals surface area contributed by atoms with Gasteiger partial charge in [-0.05, 0) is 62.6 Å². The summed E-state index contributed by atoms with van der Waals surface area (Å²) in [4.78, 5) is 16.6. The van der Waals surface area contributed by atoms with Crippen molar-refractivity contribution in [3.8, 4) is 0 Å². The molecular weight excluding hydrogens is 322 g/mol. The number of nitrogens with zero attached hydrogens (tertiary/aromatic N) is 3. The summed E-state index contributed by atoms with van der Waals surface area (Å²) in [5, 5.41) is 0. The average molecular weight is 354 g/mol. The van der Waals surface area contributed by atoms with Gasteiger partial charge in [0.05, 0.1) is 5.69 Å². The third-order valence-corrected chi connectivity index (χ3v) is 5.25. The predicted octanol–water partition coefficient (Wildman–Crippen LogP) is 4.09. The van der Waals surface area contributed by atoms with Crippen molar-refractivity contribution in [2.75, 3.05) is 18.0 Å². The first kappa shape index (κ1) is 18.7. The number of rotatable bonds is 6. The van der Waals surface area contributed by atoms with E-state index in [2.05, 4.69) is 48.8 Å². The van der Waals surface area contributed by atoms with Crippen molar-refractivity contribution in [3.05, 3.63) is 58.0 Å². The van der Waals surface area contributed by atoms with Crippen LogP contribution < -0.4 is 10.5 Å². The molecule has 0 aliphatic carbocycles. The molecule has 1 aromatic heterocycles. The number of aromatic nitrogens is 1. The lowest BCUT2D eigenvalue weighted by molar-refractivity contribution is 0.250. The fraction of sp³-hybridized carbons (Fsp3) is 0.500. The molecule has 4 nitrogen and oxygen atoms in total. The molecule has 0 atom stereocenters. The molecule has 1 aromatic carbocycles. The fourth-order valence-electron chi connectivity index (χ4n) is 3.79. The molecule has 0 unspecified atom stereocenters. The highest BCUT2D eigenvalue weighted by atomic mass is 16.1. The summed E-state index contributed by atoms with van der Waals surface area (Å²) in [5.41, 5.74) is 5.20. The van der Waals surface area contributed by atoms with E-state index in [1.807, 2.05) is 19.3 Å². The number of benzene rings is 1. The Morgan fingerprint density at radius 1 is 1.12 bits per heavy atom. The zero-order valence-electron chi connectivity index (χ0n) is 16.5. The number of anilines is 2. The van der Waals surface area contributed by atoms with Crippen LogP contribution in [0.4, 0.5) is 11.4 Å². The van der Waals surface area contributed by atoms with Crippen molar-refractivity contribution in [1.82, 2.24) is 9.47 Å². The molecule has 0 amide bonds. The molecule has 0 radical (unpaired) electrons. The number of hydrogen-bond donors (Lipinski definition) is 0. The summed E-state index contributed by atoms with van der Waals surface area (Å²) in [5.74, 6) is 0. The zero-order valence-corrected chi connectivity index (χ0v) is 16.5. The molecule has 2 heterocycles. The Balaban J connectivity index is 1.91. The molecule has 1 aliphatic heterocycles. The van der Waals surface area contributed by atoms with Crippen LogP contribution in [0.15, 0.2) is 41.3 Å². The summed E-state index contributed by atoms with van der Waals surface area (Å²) in [6.45, 7) is 10.0. The van der Waals surface area contributed by atoms with Crippen LogP contribution in [-0.4, -0.2) is 28.6 Å². The average Bonchev–Trinajstić information content (AvgIpc) is 2.62. The fourth-order valence-corrected chi connectivity index (χ4v) is 3.79. The molecule has 2 aromatic rings. The maximum atomic E-state index is 11.8. The molecule has 0 fully saturated rings. The van der Waals surface area contributed by atoms with Gasteiger partial charge in [0.1, 0.15) is 0 Å². The largest absolute Gasteiger partial charge is 0.338 e. The van der Waals surface area contributed by atoms with Crippen LogP contribution in [0.5, 0.6) is 0 Å². The van der Waals surface area contributed by atoms with E-state index < -0.39 is 0 Å². The molecule has 3 rings (SSSR count). The third kappa shape index (κ3) is 4.01. The van der Waals surface area contributed by atoms with E-state index in [9.17, 15) is 4.79 Å². The van der Waals surface area contributed by atoms with Crippen LogP contribution in [0.3, 0.4) is 0 Å². The van der Waals surface area contributed by atoms with Crippen molar-refractivity contribution in [3.63, 3.8) is 0 Å². The maximum Gasteiger partial charge on any atom is 0.250 e. The van der Waals surface area contributed by atoms with E-state index in [0.717, 1.165) is 18.7 Å². The van der Waals surface area contributed by atoms with Crippen molar-refractivity contribution in [2.45, 2.75) is 52.6 Å². The van der Waals surface area contributed by atoms with Crippen LogP contribution in [-0.2, 0) is 20.0 Å². The monoisotopic (exact) mass is 353 g/mol. The minimum atomic E-state index is 0.0227. The molecule has 26 heavy (non-hydrogen) atoms. The number of hydrogen-bond acceptors (Lipinski definition) is 3. The van der Waals surface area contributed by atoms with E-state index >= 15 is 0 Å². The molecule has 0 spiro atoms. The lowest BCUT2D eigenvalue weighted by atomic mass is 9.98. The molecule has 0 saturated carbocycles. The van der Waals surface area contributed by atoms with Crippen LogP contribution in [0, 0.1) is 0 Å². The quantitative estimate of drug-likeness (QED) is 0.783. The number of pyridine rings is 1. The van der Waals surface area contributed by atoms with Gasteiger partial charge in [-0.25, -0.2) is 0 Å². The van der Waals surface area contributed by atoms with Gasteiger partial charge in [-0.1, -0.05) is 19.4 Å². The Labute approximate surface area is 157 Å². The molecule has 4 heteroatoms. The van der Waals surface area contributed by atoms with E-state index in [-0.39, 0.29) is 5.56 Å². The molecule has 0 N–H and O–H groups in total. The topological polar surface area (TPSA) is 28.5 Å². The SMILES string of the molecule is CCCCN1CCc2ccc(N(c3ccc(=O)n(C)c3)C(C)C)cc2C1. The summed E-state index contributed by atoms with van der Waals surface area (Å²) in [6.07, 6.45) is 5.58. The lowest BCUT2D eigenvalue weighted by Crippen LogP contribution is -2.32. The molecule has 0 bridgehead atoms. The van der Waals surface area contributed by atoms with Gasteiger partial charge in [-0.2, -0.15) is 0 Å². The minimum Gasteiger partial charge on any atom is -0.338 e. The van der Waals surface area contributed by atoms with Gasteiger partial charge in [0.25, 0.3) is 0 Å². The van der Waals surface area contributed by atoms with E-state index in [0.29, 0.717) is 6.04 Å². The highest BCUT2D eigenvalue weighted by Gasteiger charge is 2.19. The van der Waals surface area contributed by atoms with Gasteiger partial charge in [0, 0.05) is 44.1 Å². The number of unbranched alkanes of at least 4 members (excludes halogenated alkanes) is 1. The van der Waals surface area contributed by atoms with Crippen LogP contribution >= 0.6 is 0 Å². The summed E-state index contributed by atoms with van der Waals surface area (Å²) in [7, 11) is 1.81. The number of fused-ring (bicyclic) bond motifs is 1. The first-order valence-corrected chi connectivity index (χ1v) is 9.79. The normalized spacial score (nSPS) is 14.5. The molecule has 1 aliphatic rings. The second kappa shape index (κ2) is 8.09. The first-order chi connectivity index (χ1) is 12.5. The van der Waals surface area contributed by atoms with Gasteiger partial charge in [0.2, 0.25) is 5.56 Å². The van der Waals surface area contributed by atoms with Gasteiger partial charge in [-0.15, -0.1) is 0 Å². The highest BCUT2D eigenvalue weighted by molar-refractivity contribution is 5.64. The maximum absolute atomic E-state index is 11.8. The zero-order chi connectivity index (χ0) is 18.7. The Morgan fingerprint density at radius 2 is 1.88 bits per heavy atom. The Morgan fingerprint density at radius 3 is 2.58 bits per heavy atom. The highest BCUT2D eigenvalue weighted by Crippen LogP contribution is 2.31. The van der Waals surface area contributed by atoms with Gasteiger partial charge in [0.15, 0.2) is 0 Å². The van der Waals surface area contributed by atoms with Gasteiger partial charge >= 0.3 is 0 Å². The first-order valence-electron chi connectivity index (χ1n) is 9.79. The van der Waals surface area contributed by atoms with E-state index in [4.69, 9.17) is 0 Å². The second-order valence-electron chi connectivity index (χ2n) is 7.63. The second-order valence-corrected chi connectivity index (χ2v) is 7.63. The Bertz CT molecular complexity index is 809. The molecule has 0 saturated heterocycles. The predicted molar refractivity (Wildman–Crippen MR) is 109 cm³/mol. The standard InChI is InChI=1S/C22H31N3O/c1-5-6-12-24-13-11-18-7-8-20(14-19(18)15-24)25(17(2)3)21-9-10-22(26)23(4)16-21/h7-10,14,16-17H,5-6,11-13,15H2,1-4H3. The van der Waals surface area contributed by atoms with Crippen molar-refractivity contribution >= 4 is 11.4 Å². The van der Waals surface area contributed by atoms with Crippen LogP contribution in [0.1, 0.15) is 44.7 Å². The smallest absolute Gasteiger partial charge is 0.250 e. The summed E-state index contributed by atoms with van der Waals surface area (Å²) in [6, 6.07) is 10.7. The van der Waals surface area contributed by atoms with E-state index in [1.54, 1.807) is 10.6 Å². The Kier molecular flexibility index (Phi) is 5.82. The summed E-state index contributed by atoms with van der Waals surface area (Å²) < 4.78 is 1.65. The molecule has 140 valence electrons. The van der Waals surface area contributed by atoms with Crippen molar-refractivity contribution in [1.29, 1.82) is 0 Å². The van der Waals surface area contributed by atoms with Crippen molar-refractivity contribution < 1.29 is 0 Å². The number of aryl methyl sites for hydroxylation is 1. The van der Waals surface area contributed by atoms with Gasteiger partial charge < -0.3 is 9.47 Å². The van der Waals surface area contributed by atoms with Crippen molar-refractivity contribution in [2.24, 2.45) is 7.05 Å². The summed E-state index contributed by atoms with van der Waals surface area (Å²) >= 11 is 0. The molecular formula is C22H31N3O.